The molecule has 2 aromatic carbocycles. The first-order valence-corrected chi connectivity index (χ1v) is 7.82. The molecular formula is C17H16Cl2O3. The maximum absolute atomic E-state index is 10.1. The summed E-state index contributed by atoms with van der Waals surface area (Å²) in [6.07, 6.45) is -0.936. The highest BCUT2D eigenvalue weighted by molar-refractivity contribution is 6.36. The third-order valence-corrected chi connectivity index (χ3v) is 4.44. The van der Waals surface area contributed by atoms with Gasteiger partial charge in [0.15, 0.2) is 6.29 Å². The van der Waals surface area contributed by atoms with Crippen molar-refractivity contribution in [1.82, 2.24) is 0 Å². The molecule has 0 unspecified atom stereocenters. The molecule has 0 aromatic heterocycles. The zero-order valence-electron chi connectivity index (χ0n) is 12.0. The zero-order valence-corrected chi connectivity index (χ0v) is 13.5. The van der Waals surface area contributed by atoms with Crippen LogP contribution in [0, 0.1) is 5.92 Å². The van der Waals surface area contributed by atoms with Crippen molar-refractivity contribution in [3.8, 4) is 5.75 Å². The van der Waals surface area contributed by atoms with Gasteiger partial charge in [-0.15, -0.1) is 0 Å². The molecule has 2 aromatic rings. The van der Waals surface area contributed by atoms with Crippen LogP contribution >= 0.6 is 23.2 Å². The minimum atomic E-state index is -0.651. The molecule has 1 N–H and O–H groups in total. The number of phenolic OH excluding ortho intramolecular Hbond substituents is 1. The van der Waals surface area contributed by atoms with E-state index in [1.165, 1.54) is 0 Å². The molecule has 1 heterocycles. The van der Waals surface area contributed by atoms with Gasteiger partial charge in [0, 0.05) is 17.0 Å². The zero-order chi connectivity index (χ0) is 15.7. The van der Waals surface area contributed by atoms with Gasteiger partial charge in [-0.25, -0.2) is 0 Å². The SMILES string of the molecule is C[C@@H]1CO[C@H](c2c(Cl)cccc2Cl)O[C@@H]1c1ccccc1O. The fourth-order valence-corrected chi connectivity index (χ4v) is 3.20. The van der Waals surface area contributed by atoms with Gasteiger partial charge >= 0.3 is 0 Å². The predicted octanol–water partition coefficient (Wildman–Crippen LogP) is 5.12. The van der Waals surface area contributed by atoms with Gasteiger partial charge in [-0.1, -0.05) is 54.4 Å². The molecule has 0 aliphatic carbocycles. The van der Waals surface area contributed by atoms with E-state index in [-0.39, 0.29) is 17.8 Å². The second kappa shape index (κ2) is 6.47. The van der Waals surface area contributed by atoms with Crippen LogP contribution < -0.4 is 0 Å². The van der Waals surface area contributed by atoms with Gasteiger partial charge in [-0.05, 0) is 18.2 Å². The number of phenols is 1. The number of ether oxygens (including phenoxy) is 2. The Labute approximate surface area is 139 Å². The van der Waals surface area contributed by atoms with E-state index < -0.39 is 6.29 Å². The Morgan fingerprint density at radius 1 is 1.05 bits per heavy atom. The van der Waals surface area contributed by atoms with Crippen LogP contribution in [0.5, 0.6) is 5.75 Å². The molecule has 0 bridgehead atoms. The van der Waals surface area contributed by atoms with Gasteiger partial charge in [0.2, 0.25) is 0 Å². The van der Waals surface area contributed by atoms with E-state index in [2.05, 4.69) is 0 Å². The van der Waals surface area contributed by atoms with Crippen molar-refractivity contribution < 1.29 is 14.6 Å². The third-order valence-electron chi connectivity index (χ3n) is 3.78. The van der Waals surface area contributed by atoms with E-state index in [9.17, 15) is 5.11 Å². The first-order valence-electron chi connectivity index (χ1n) is 7.07. The first-order chi connectivity index (χ1) is 10.6. The van der Waals surface area contributed by atoms with Crippen LogP contribution in [0.2, 0.25) is 10.0 Å². The highest BCUT2D eigenvalue weighted by Crippen LogP contribution is 2.43. The minimum Gasteiger partial charge on any atom is -0.508 e. The molecule has 3 nitrogen and oxygen atoms in total. The molecular weight excluding hydrogens is 323 g/mol. The van der Waals surface area contributed by atoms with Crippen LogP contribution in [-0.2, 0) is 9.47 Å². The van der Waals surface area contributed by atoms with Gasteiger partial charge in [0.1, 0.15) is 5.75 Å². The molecule has 1 aliphatic rings. The highest BCUT2D eigenvalue weighted by Gasteiger charge is 2.34. The second-order valence-corrected chi connectivity index (χ2v) is 6.21. The van der Waals surface area contributed by atoms with Crippen LogP contribution in [-0.4, -0.2) is 11.7 Å². The molecule has 0 radical (unpaired) electrons. The lowest BCUT2D eigenvalue weighted by molar-refractivity contribution is -0.241. The molecule has 0 spiro atoms. The number of hydrogen-bond acceptors (Lipinski definition) is 3. The molecule has 22 heavy (non-hydrogen) atoms. The lowest BCUT2D eigenvalue weighted by atomic mass is 9.96. The highest BCUT2D eigenvalue weighted by atomic mass is 35.5. The summed E-state index contributed by atoms with van der Waals surface area (Å²) in [5, 5.41) is 11.1. The number of para-hydroxylation sites is 1. The van der Waals surface area contributed by atoms with Crippen molar-refractivity contribution in [3.63, 3.8) is 0 Å². The Morgan fingerprint density at radius 2 is 1.73 bits per heavy atom. The average Bonchev–Trinajstić information content (AvgIpc) is 2.49. The fraction of sp³-hybridized carbons (Fsp3) is 0.294. The van der Waals surface area contributed by atoms with Gasteiger partial charge < -0.3 is 14.6 Å². The molecule has 3 atom stereocenters. The van der Waals surface area contributed by atoms with Crippen LogP contribution in [0.3, 0.4) is 0 Å². The van der Waals surface area contributed by atoms with Crippen molar-refractivity contribution in [1.29, 1.82) is 0 Å². The molecule has 5 heteroatoms. The minimum absolute atomic E-state index is 0.103. The quantitative estimate of drug-likeness (QED) is 0.825. The third kappa shape index (κ3) is 2.95. The Hall–Kier alpha value is -1.26. The van der Waals surface area contributed by atoms with Crippen LogP contribution in [0.1, 0.15) is 30.4 Å². The normalized spacial score (nSPS) is 25.1. The maximum atomic E-state index is 10.1. The van der Waals surface area contributed by atoms with E-state index in [1.807, 2.05) is 19.1 Å². The lowest BCUT2D eigenvalue weighted by Gasteiger charge is -2.36. The molecule has 0 saturated carbocycles. The van der Waals surface area contributed by atoms with Crippen molar-refractivity contribution in [2.45, 2.75) is 19.3 Å². The van der Waals surface area contributed by atoms with Gasteiger partial charge in [0.05, 0.1) is 22.8 Å². The molecule has 1 saturated heterocycles. The Balaban J connectivity index is 1.93. The number of benzene rings is 2. The van der Waals surface area contributed by atoms with Crippen molar-refractivity contribution >= 4 is 23.2 Å². The summed E-state index contributed by atoms with van der Waals surface area (Å²) in [5.74, 6) is 0.316. The summed E-state index contributed by atoms with van der Waals surface area (Å²) >= 11 is 12.5. The fourth-order valence-electron chi connectivity index (χ4n) is 2.63. The second-order valence-electron chi connectivity index (χ2n) is 5.39. The summed E-state index contributed by atoms with van der Waals surface area (Å²) in [5.41, 5.74) is 1.37. The molecule has 0 amide bonds. The Bertz CT molecular complexity index is 654. The van der Waals surface area contributed by atoms with E-state index in [0.717, 1.165) is 5.56 Å². The van der Waals surface area contributed by atoms with Crippen molar-refractivity contribution in [2.24, 2.45) is 5.92 Å². The molecule has 1 fully saturated rings. The predicted molar refractivity (Wildman–Crippen MR) is 86.3 cm³/mol. The Kier molecular flexibility index (Phi) is 4.59. The van der Waals surface area contributed by atoms with Gasteiger partial charge in [0.25, 0.3) is 0 Å². The molecule has 1 aliphatic heterocycles. The van der Waals surface area contributed by atoms with E-state index >= 15 is 0 Å². The van der Waals surface area contributed by atoms with Crippen molar-refractivity contribution in [2.75, 3.05) is 6.61 Å². The van der Waals surface area contributed by atoms with Gasteiger partial charge in [-0.2, -0.15) is 0 Å². The topological polar surface area (TPSA) is 38.7 Å². The molecule has 3 rings (SSSR count). The van der Waals surface area contributed by atoms with Crippen LogP contribution in [0.15, 0.2) is 42.5 Å². The number of aromatic hydroxyl groups is 1. The van der Waals surface area contributed by atoms with Crippen molar-refractivity contribution in [3.05, 3.63) is 63.6 Å². The average molecular weight is 339 g/mol. The summed E-state index contributed by atoms with van der Waals surface area (Å²) in [6, 6.07) is 12.4. The molecule has 116 valence electrons. The standard InChI is InChI=1S/C17H16Cl2O3/c1-10-9-21-17(15-12(18)6-4-7-13(15)19)22-16(10)11-5-2-3-8-14(11)20/h2-8,10,16-17,20H,9H2,1H3/t10-,16+,17+/m1/s1. The monoisotopic (exact) mass is 338 g/mol. The van der Waals surface area contributed by atoms with Gasteiger partial charge in [-0.3, -0.25) is 0 Å². The number of hydrogen-bond donors (Lipinski definition) is 1. The van der Waals surface area contributed by atoms with E-state index in [4.69, 9.17) is 32.7 Å². The summed E-state index contributed by atoms with van der Waals surface area (Å²) < 4.78 is 11.8. The summed E-state index contributed by atoms with van der Waals surface area (Å²) in [6.45, 7) is 2.51. The smallest absolute Gasteiger partial charge is 0.187 e. The lowest BCUT2D eigenvalue weighted by Crippen LogP contribution is -2.29. The van der Waals surface area contributed by atoms with Crippen LogP contribution in [0.25, 0.3) is 0 Å². The largest absolute Gasteiger partial charge is 0.508 e. The Morgan fingerprint density at radius 3 is 2.41 bits per heavy atom. The van der Waals surface area contributed by atoms with Crippen LogP contribution in [0.4, 0.5) is 0 Å². The first kappa shape index (κ1) is 15.6. The van der Waals surface area contributed by atoms with E-state index in [0.29, 0.717) is 22.2 Å². The van der Waals surface area contributed by atoms with E-state index in [1.54, 1.807) is 30.3 Å². The number of rotatable bonds is 2. The number of halogens is 2. The summed E-state index contributed by atoms with van der Waals surface area (Å²) in [7, 11) is 0. The maximum Gasteiger partial charge on any atom is 0.187 e. The summed E-state index contributed by atoms with van der Waals surface area (Å²) in [4.78, 5) is 0.